The fourth-order valence-corrected chi connectivity index (χ4v) is 2.45. The van der Waals surface area contributed by atoms with Crippen LogP contribution in [0.1, 0.15) is 53.9 Å². The van der Waals surface area contributed by atoms with Crippen LogP contribution < -0.4 is 0 Å². The zero-order chi connectivity index (χ0) is 15.3. The lowest BCUT2D eigenvalue weighted by Crippen LogP contribution is -2.42. The molecule has 1 aliphatic rings. The van der Waals surface area contributed by atoms with Crippen LogP contribution in [-0.2, 0) is 14.3 Å². The molecule has 0 unspecified atom stereocenters. The number of ketones is 1. The largest absolute Gasteiger partial charge is 0.369 e. The first-order valence-electron chi connectivity index (χ1n) is 7.61. The van der Waals surface area contributed by atoms with Gasteiger partial charge in [0, 0.05) is 25.4 Å². The molecule has 1 fully saturated rings. The number of amides is 1. The number of piperidine rings is 1. The van der Waals surface area contributed by atoms with Gasteiger partial charge in [-0.05, 0) is 32.1 Å². The van der Waals surface area contributed by atoms with E-state index in [1.54, 1.807) is 0 Å². The number of rotatable bonds is 5. The lowest BCUT2D eigenvalue weighted by atomic mass is 9.82. The summed E-state index contributed by atoms with van der Waals surface area (Å²) in [6.45, 7) is 11.6. The Hall–Kier alpha value is -0.900. The number of hydrogen-bond acceptors (Lipinski definition) is 3. The fraction of sp³-hybridized carbons (Fsp3) is 0.875. The first kappa shape index (κ1) is 17.2. The highest BCUT2D eigenvalue weighted by atomic mass is 16.5. The number of hydrogen-bond donors (Lipinski definition) is 0. The summed E-state index contributed by atoms with van der Waals surface area (Å²) in [6, 6.07) is 0. The topological polar surface area (TPSA) is 46.6 Å². The molecule has 0 saturated carbocycles. The van der Waals surface area contributed by atoms with Crippen LogP contribution >= 0.6 is 0 Å². The van der Waals surface area contributed by atoms with E-state index in [0.717, 1.165) is 12.8 Å². The van der Waals surface area contributed by atoms with Crippen LogP contribution in [0.3, 0.4) is 0 Å². The molecule has 1 saturated heterocycles. The highest BCUT2D eigenvalue weighted by Crippen LogP contribution is 2.26. The van der Waals surface area contributed by atoms with Gasteiger partial charge in [0.2, 0.25) is 5.91 Å². The lowest BCUT2D eigenvalue weighted by Gasteiger charge is -2.32. The van der Waals surface area contributed by atoms with Gasteiger partial charge in [0.1, 0.15) is 12.4 Å². The molecule has 0 aliphatic carbocycles. The van der Waals surface area contributed by atoms with Gasteiger partial charge in [-0.1, -0.05) is 20.8 Å². The van der Waals surface area contributed by atoms with Crippen molar-refractivity contribution in [2.75, 3.05) is 19.7 Å². The van der Waals surface area contributed by atoms with Gasteiger partial charge < -0.3 is 9.64 Å². The van der Waals surface area contributed by atoms with Gasteiger partial charge in [0.05, 0.1) is 6.10 Å². The van der Waals surface area contributed by atoms with E-state index in [2.05, 4.69) is 20.8 Å². The highest BCUT2D eigenvalue weighted by molar-refractivity contribution is 5.82. The van der Waals surface area contributed by atoms with E-state index in [0.29, 0.717) is 25.3 Å². The zero-order valence-electron chi connectivity index (χ0n) is 13.6. The molecule has 1 amide bonds. The minimum atomic E-state index is 0.0421. The van der Waals surface area contributed by atoms with Crippen molar-refractivity contribution in [2.45, 2.75) is 60.0 Å². The first-order chi connectivity index (χ1) is 9.19. The van der Waals surface area contributed by atoms with E-state index < -0.39 is 0 Å². The minimum Gasteiger partial charge on any atom is -0.369 e. The molecule has 1 aliphatic heterocycles. The van der Waals surface area contributed by atoms with Crippen LogP contribution in [0.5, 0.6) is 0 Å². The summed E-state index contributed by atoms with van der Waals surface area (Å²) in [4.78, 5) is 25.9. The first-order valence-corrected chi connectivity index (χ1v) is 7.61. The molecule has 0 spiro atoms. The summed E-state index contributed by atoms with van der Waals surface area (Å²) in [5, 5.41) is 0. The molecule has 0 aromatic heterocycles. The number of likely N-dealkylation sites (tertiary alicyclic amines) is 1. The molecule has 0 radical (unpaired) electrons. The van der Waals surface area contributed by atoms with E-state index >= 15 is 0 Å². The average Bonchev–Trinajstić information content (AvgIpc) is 2.34. The summed E-state index contributed by atoms with van der Waals surface area (Å²) in [5.41, 5.74) is 0.0507. The second-order valence-corrected chi connectivity index (χ2v) is 7.22. The van der Waals surface area contributed by atoms with Crippen molar-refractivity contribution in [2.24, 2.45) is 11.3 Å². The molecule has 1 heterocycles. The molecule has 0 aromatic rings. The van der Waals surface area contributed by atoms with Gasteiger partial charge in [-0.2, -0.15) is 0 Å². The van der Waals surface area contributed by atoms with E-state index in [1.165, 1.54) is 0 Å². The smallest absolute Gasteiger partial charge is 0.248 e. The van der Waals surface area contributed by atoms with Crippen LogP contribution in [0.2, 0.25) is 0 Å². The molecule has 0 aromatic carbocycles. The van der Waals surface area contributed by atoms with Gasteiger partial charge >= 0.3 is 0 Å². The summed E-state index contributed by atoms with van der Waals surface area (Å²) < 4.78 is 5.34. The van der Waals surface area contributed by atoms with Crippen molar-refractivity contribution in [3.8, 4) is 0 Å². The number of Topliss-reactive ketones (excluding diaryl/α,β-unsaturated/α-hetero) is 1. The van der Waals surface area contributed by atoms with Crippen molar-refractivity contribution in [3.63, 3.8) is 0 Å². The maximum absolute atomic E-state index is 12.2. The predicted octanol–water partition coefficient (Wildman–Crippen LogP) is 2.66. The second kappa shape index (κ2) is 7.21. The van der Waals surface area contributed by atoms with E-state index in [1.807, 2.05) is 18.7 Å². The Morgan fingerprint density at radius 2 is 1.75 bits per heavy atom. The monoisotopic (exact) mass is 283 g/mol. The standard InChI is InChI=1S/C16H29NO3/c1-12(2)20-11-15(19)17-8-6-13(7-9-17)14(18)10-16(3,4)5/h12-13H,6-11H2,1-5H3. The lowest BCUT2D eigenvalue weighted by molar-refractivity contribution is -0.140. The highest BCUT2D eigenvalue weighted by Gasteiger charge is 2.29. The minimum absolute atomic E-state index is 0.0421. The summed E-state index contributed by atoms with van der Waals surface area (Å²) in [5.74, 6) is 0.521. The quantitative estimate of drug-likeness (QED) is 0.779. The van der Waals surface area contributed by atoms with E-state index in [-0.39, 0.29) is 30.0 Å². The molecule has 0 N–H and O–H groups in total. The van der Waals surface area contributed by atoms with Crippen molar-refractivity contribution in [3.05, 3.63) is 0 Å². The van der Waals surface area contributed by atoms with E-state index in [4.69, 9.17) is 4.74 Å². The predicted molar refractivity (Wildman–Crippen MR) is 79.5 cm³/mol. The van der Waals surface area contributed by atoms with Gasteiger partial charge in [-0.25, -0.2) is 0 Å². The van der Waals surface area contributed by atoms with E-state index in [9.17, 15) is 9.59 Å². The number of carbonyl (C=O) groups excluding carboxylic acids is 2. The SMILES string of the molecule is CC(C)OCC(=O)N1CCC(C(=O)CC(C)(C)C)CC1. The Bertz CT molecular complexity index is 336. The van der Waals surface area contributed by atoms with Crippen molar-refractivity contribution in [1.29, 1.82) is 0 Å². The van der Waals surface area contributed by atoms with Crippen LogP contribution in [0.4, 0.5) is 0 Å². The summed E-state index contributed by atoms with van der Waals surface area (Å²) in [6.07, 6.45) is 2.29. The van der Waals surface area contributed by atoms with Crippen molar-refractivity contribution >= 4 is 11.7 Å². The Kier molecular flexibility index (Phi) is 6.18. The molecular weight excluding hydrogens is 254 g/mol. The van der Waals surface area contributed by atoms with Crippen LogP contribution in [0, 0.1) is 11.3 Å². The Balaban J connectivity index is 2.36. The van der Waals surface area contributed by atoms with Gasteiger partial charge in [0.15, 0.2) is 0 Å². The molecule has 0 atom stereocenters. The van der Waals surface area contributed by atoms with Crippen molar-refractivity contribution < 1.29 is 14.3 Å². The number of nitrogens with zero attached hydrogens (tertiary/aromatic N) is 1. The molecule has 20 heavy (non-hydrogen) atoms. The molecule has 4 heteroatoms. The van der Waals surface area contributed by atoms with Crippen molar-refractivity contribution in [1.82, 2.24) is 4.90 Å². The van der Waals surface area contributed by atoms with Crippen LogP contribution in [0.15, 0.2) is 0 Å². The van der Waals surface area contributed by atoms with Crippen LogP contribution in [0.25, 0.3) is 0 Å². The van der Waals surface area contributed by atoms with Crippen LogP contribution in [-0.4, -0.2) is 42.4 Å². The Morgan fingerprint density at radius 3 is 2.20 bits per heavy atom. The average molecular weight is 283 g/mol. The molecule has 1 rings (SSSR count). The zero-order valence-corrected chi connectivity index (χ0v) is 13.6. The number of carbonyl (C=O) groups is 2. The Labute approximate surface area is 122 Å². The third-order valence-corrected chi connectivity index (χ3v) is 3.55. The molecule has 4 nitrogen and oxygen atoms in total. The summed E-state index contributed by atoms with van der Waals surface area (Å²) >= 11 is 0. The molecular formula is C16H29NO3. The third-order valence-electron chi connectivity index (χ3n) is 3.55. The third kappa shape index (κ3) is 6.04. The second-order valence-electron chi connectivity index (χ2n) is 7.22. The maximum Gasteiger partial charge on any atom is 0.248 e. The molecule has 0 bridgehead atoms. The summed E-state index contributed by atoms with van der Waals surface area (Å²) in [7, 11) is 0. The normalized spacial score (nSPS) is 17.6. The molecule has 116 valence electrons. The van der Waals surface area contributed by atoms with Gasteiger partial charge in [0.25, 0.3) is 0 Å². The fourth-order valence-electron chi connectivity index (χ4n) is 2.45. The maximum atomic E-state index is 12.2. The van der Waals surface area contributed by atoms with Gasteiger partial charge in [-0.3, -0.25) is 9.59 Å². The van der Waals surface area contributed by atoms with Gasteiger partial charge in [-0.15, -0.1) is 0 Å². The number of ether oxygens (including phenoxy) is 1. The Morgan fingerprint density at radius 1 is 1.20 bits per heavy atom.